The lowest BCUT2D eigenvalue weighted by atomic mass is 9.77. The van der Waals surface area contributed by atoms with Gasteiger partial charge in [0, 0.05) is 19.2 Å². The van der Waals surface area contributed by atoms with Crippen LogP contribution in [0, 0.1) is 11.3 Å². The maximum atomic E-state index is 5.69. The number of nitrogens with two attached hydrogens (primary N) is 1. The van der Waals surface area contributed by atoms with E-state index in [9.17, 15) is 0 Å². The minimum absolute atomic E-state index is 0.433. The summed E-state index contributed by atoms with van der Waals surface area (Å²) in [5.74, 6) is 1.49. The Morgan fingerprint density at radius 1 is 1.35 bits per heavy atom. The molecule has 1 fully saturated rings. The van der Waals surface area contributed by atoms with Crippen LogP contribution in [-0.2, 0) is 0 Å². The van der Waals surface area contributed by atoms with Gasteiger partial charge in [-0.3, -0.25) is 0 Å². The number of anilines is 2. The highest BCUT2D eigenvalue weighted by atomic mass is 32.1. The molecule has 3 nitrogen and oxygen atoms in total. The van der Waals surface area contributed by atoms with Crippen LogP contribution in [0.15, 0.2) is 6.07 Å². The SMILES string of the molecule is CC(C)(C)C1CCCN(c2cc(N)ns2)CC1. The second kappa shape index (κ2) is 4.84. The van der Waals surface area contributed by atoms with E-state index in [4.69, 9.17) is 5.73 Å². The van der Waals surface area contributed by atoms with Crippen LogP contribution in [0.3, 0.4) is 0 Å². The number of aromatic nitrogens is 1. The van der Waals surface area contributed by atoms with Gasteiger partial charge < -0.3 is 10.6 Å². The Hall–Kier alpha value is -0.770. The lowest BCUT2D eigenvalue weighted by molar-refractivity contribution is 0.220. The first-order valence-electron chi connectivity index (χ1n) is 6.44. The number of hydrogen-bond donors (Lipinski definition) is 1. The molecular weight excluding hydrogens is 230 g/mol. The zero-order valence-electron chi connectivity index (χ0n) is 11.1. The molecule has 2 N–H and O–H groups in total. The average molecular weight is 253 g/mol. The molecule has 2 rings (SSSR count). The van der Waals surface area contributed by atoms with E-state index in [-0.39, 0.29) is 0 Å². The first-order valence-corrected chi connectivity index (χ1v) is 7.21. The highest BCUT2D eigenvalue weighted by Gasteiger charge is 2.27. The molecule has 96 valence electrons. The number of rotatable bonds is 1. The topological polar surface area (TPSA) is 42.1 Å². The highest BCUT2D eigenvalue weighted by Crippen LogP contribution is 2.36. The molecule has 1 aromatic heterocycles. The molecule has 0 bridgehead atoms. The predicted octanol–water partition coefficient (Wildman–Crippen LogP) is 3.38. The van der Waals surface area contributed by atoms with Gasteiger partial charge in [0.2, 0.25) is 0 Å². The van der Waals surface area contributed by atoms with Crippen LogP contribution >= 0.6 is 11.5 Å². The molecule has 0 radical (unpaired) electrons. The van der Waals surface area contributed by atoms with Crippen molar-refractivity contribution in [1.82, 2.24) is 4.37 Å². The van der Waals surface area contributed by atoms with E-state index in [1.165, 1.54) is 35.8 Å². The summed E-state index contributed by atoms with van der Waals surface area (Å²) < 4.78 is 4.17. The van der Waals surface area contributed by atoms with E-state index >= 15 is 0 Å². The molecular formula is C13H23N3S. The van der Waals surface area contributed by atoms with Crippen LogP contribution in [0.2, 0.25) is 0 Å². The Bertz CT molecular complexity index is 367. The molecule has 1 saturated heterocycles. The van der Waals surface area contributed by atoms with E-state index in [1.54, 1.807) is 0 Å². The predicted molar refractivity (Wildman–Crippen MR) is 75.5 cm³/mol. The number of nitrogens with zero attached hydrogens (tertiary/aromatic N) is 2. The molecule has 0 saturated carbocycles. The lowest BCUT2D eigenvalue weighted by Gasteiger charge is -2.29. The Morgan fingerprint density at radius 3 is 2.71 bits per heavy atom. The third kappa shape index (κ3) is 3.12. The number of nitrogen functional groups attached to an aromatic ring is 1. The fourth-order valence-electron chi connectivity index (χ4n) is 2.61. The van der Waals surface area contributed by atoms with Gasteiger partial charge in [-0.05, 0) is 42.1 Å². The van der Waals surface area contributed by atoms with Crippen LogP contribution in [-0.4, -0.2) is 17.5 Å². The summed E-state index contributed by atoms with van der Waals surface area (Å²) in [7, 11) is 0. The molecule has 0 amide bonds. The smallest absolute Gasteiger partial charge is 0.139 e. The van der Waals surface area contributed by atoms with Gasteiger partial charge in [0.1, 0.15) is 10.8 Å². The van der Waals surface area contributed by atoms with E-state index in [2.05, 4.69) is 30.0 Å². The van der Waals surface area contributed by atoms with Gasteiger partial charge in [-0.15, -0.1) is 0 Å². The molecule has 2 heterocycles. The first-order chi connectivity index (χ1) is 7.97. The molecule has 17 heavy (non-hydrogen) atoms. The zero-order chi connectivity index (χ0) is 12.5. The Labute approximate surface area is 108 Å². The monoisotopic (exact) mass is 253 g/mol. The van der Waals surface area contributed by atoms with Crippen molar-refractivity contribution in [3.05, 3.63) is 6.07 Å². The molecule has 1 atom stereocenters. The maximum Gasteiger partial charge on any atom is 0.139 e. The minimum Gasteiger partial charge on any atom is -0.383 e. The van der Waals surface area contributed by atoms with Crippen molar-refractivity contribution >= 4 is 22.4 Å². The summed E-state index contributed by atoms with van der Waals surface area (Å²) in [5.41, 5.74) is 6.13. The van der Waals surface area contributed by atoms with Crippen LogP contribution in [0.5, 0.6) is 0 Å². The van der Waals surface area contributed by atoms with Crippen LogP contribution < -0.4 is 10.6 Å². The minimum atomic E-state index is 0.433. The zero-order valence-corrected chi connectivity index (χ0v) is 11.9. The molecule has 1 aromatic rings. The molecule has 1 aliphatic heterocycles. The second-order valence-corrected chi connectivity index (χ2v) is 6.85. The Morgan fingerprint density at radius 2 is 2.12 bits per heavy atom. The summed E-state index contributed by atoms with van der Waals surface area (Å²) in [6, 6.07) is 2.00. The van der Waals surface area contributed by atoms with Crippen molar-refractivity contribution in [2.75, 3.05) is 23.7 Å². The van der Waals surface area contributed by atoms with Crippen LogP contribution in [0.4, 0.5) is 10.8 Å². The van der Waals surface area contributed by atoms with Crippen molar-refractivity contribution in [1.29, 1.82) is 0 Å². The van der Waals surface area contributed by atoms with Crippen LogP contribution in [0.25, 0.3) is 0 Å². The van der Waals surface area contributed by atoms with E-state index in [0.717, 1.165) is 19.0 Å². The van der Waals surface area contributed by atoms with Gasteiger partial charge >= 0.3 is 0 Å². The molecule has 4 heteroatoms. The summed E-state index contributed by atoms with van der Waals surface area (Å²) in [6.45, 7) is 9.37. The number of hydrogen-bond acceptors (Lipinski definition) is 4. The van der Waals surface area contributed by atoms with E-state index in [0.29, 0.717) is 11.2 Å². The molecule has 0 aliphatic carbocycles. The highest BCUT2D eigenvalue weighted by molar-refractivity contribution is 7.10. The largest absolute Gasteiger partial charge is 0.383 e. The normalized spacial score (nSPS) is 22.5. The van der Waals surface area contributed by atoms with Gasteiger partial charge in [0.25, 0.3) is 0 Å². The fraction of sp³-hybridized carbons (Fsp3) is 0.769. The van der Waals surface area contributed by atoms with Crippen molar-refractivity contribution in [2.24, 2.45) is 11.3 Å². The summed E-state index contributed by atoms with van der Waals surface area (Å²) in [5, 5.41) is 1.23. The third-order valence-corrected chi connectivity index (χ3v) is 4.65. The van der Waals surface area contributed by atoms with Gasteiger partial charge in [-0.2, -0.15) is 4.37 Å². The Kier molecular flexibility index (Phi) is 3.61. The van der Waals surface area contributed by atoms with Gasteiger partial charge in [-0.25, -0.2) is 0 Å². The summed E-state index contributed by atoms with van der Waals surface area (Å²) in [6.07, 6.45) is 3.90. The average Bonchev–Trinajstić information content (AvgIpc) is 2.53. The third-order valence-electron chi connectivity index (χ3n) is 3.78. The standard InChI is InChI=1S/C13H23N3S/c1-13(2,3)10-5-4-7-16(8-6-10)12-9-11(14)15-17-12/h9-10H,4-8H2,1-3H3,(H2,14,15). The van der Waals surface area contributed by atoms with Gasteiger partial charge in [-0.1, -0.05) is 20.8 Å². The van der Waals surface area contributed by atoms with E-state index < -0.39 is 0 Å². The van der Waals surface area contributed by atoms with Crippen molar-refractivity contribution in [3.63, 3.8) is 0 Å². The van der Waals surface area contributed by atoms with Crippen molar-refractivity contribution in [3.8, 4) is 0 Å². The van der Waals surface area contributed by atoms with Gasteiger partial charge in [0.15, 0.2) is 0 Å². The molecule has 0 aromatic carbocycles. The van der Waals surface area contributed by atoms with Crippen LogP contribution in [0.1, 0.15) is 40.0 Å². The molecule has 1 unspecified atom stereocenters. The van der Waals surface area contributed by atoms with E-state index in [1.807, 2.05) is 6.07 Å². The Balaban J connectivity index is 2.01. The summed E-state index contributed by atoms with van der Waals surface area (Å²) >= 11 is 1.52. The van der Waals surface area contributed by atoms with Crippen molar-refractivity contribution < 1.29 is 0 Å². The second-order valence-electron chi connectivity index (χ2n) is 6.07. The quantitative estimate of drug-likeness (QED) is 0.834. The summed E-state index contributed by atoms with van der Waals surface area (Å²) in [4.78, 5) is 2.44. The molecule has 0 spiro atoms. The lowest BCUT2D eigenvalue weighted by Crippen LogP contribution is -2.25. The molecule has 1 aliphatic rings. The maximum absolute atomic E-state index is 5.69. The fourth-order valence-corrected chi connectivity index (χ4v) is 3.33. The first kappa shape index (κ1) is 12.7. The van der Waals surface area contributed by atoms with Gasteiger partial charge in [0.05, 0.1) is 0 Å². The van der Waals surface area contributed by atoms with Crippen molar-refractivity contribution in [2.45, 2.75) is 40.0 Å².